The molecule has 26 heavy (non-hydrogen) atoms. The van der Waals surface area contributed by atoms with Crippen LogP contribution >= 0.6 is 0 Å². The fourth-order valence-corrected chi connectivity index (χ4v) is 3.63. The van der Waals surface area contributed by atoms with Crippen molar-refractivity contribution in [1.82, 2.24) is 15.0 Å². The van der Waals surface area contributed by atoms with Crippen molar-refractivity contribution < 1.29 is 8.42 Å². The van der Waals surface area contributed by atoms with E-state index in [1.165, 1.54) is 12.1 Å². The summed E-state index contributed by atoms with van der Waals surface area (Å²) in [5, 5.41) is 7.99. The summed E-state index contributed by atoms with van der Waals surface area (Å²) in [5.41, 5.74) is 5.59. The standard InChI is InChI=1S/C19H16N4O2S/c24-26(25,15-10-5-2-6-11-15)23-22-19-17-13-7-12-16(18(17)20-21-19)14-8-3-1-4-9-14/h1-13,23H,(H2,20,21,22). The van der Waals surface area contributed by atoms with E-state index in [0.29, 0.717) is 5.82 Å². The number of para-hydroxylation sites is 1. The van der Waals surface area contributed by atoms with Crippen molar-refractivity contribution in [2.24, 2.45) is 0 Å². The molecule has 0 radical (unpaired) electrons. The Kier molecular flexibility index (Phi) is 4.16. The summed E-state index contributed by atoms with van der Waals surface area (Å²) >= 11 is 0. The van der Waals surface area contributed by atoms with Gasteiger partial charge in [-0.3, -0.25) is 10.5 Å². The zero-order valence-electron chi connectivity index (χ0n) is 13.7. The van der Waals surface area contributed by atoms with Gasteiger partial charge in [-0.25, -0.2) is 8.42 Å². The molecule has 130 valence electrons. The second-order valence-electron chi connectivity index (χ2n) is 5.71. The number of hydrogen-bond donors (Lipinski definition) is 3. The van der Waals surface area contributed by atoms with E-state index in [0.717, 1.165) is 22.0 Å². The minimum atomic E-state index is -3.68. The smallest absolute Gasteiger partial charge is 0.257 e. The number of sulfonamides is 1. The molecule has 1 heterocycles. The van der Waals surface area contributed by atoms with Crippen LogP contribution < -0.4 is 10.3 Å². The average Bonchev–Trinajstić information content (AvgIpc) is 3.11. The number of nitrogens with zero attached hydrogens (tertiary/aromatic N) is 1. The third-order valence-electron chi connectivity index (χ3n) is 4.04. The number of hydrogen-bond acceptors (Lipinski definition) is 4. The van der Waals surface area contributed by atoms with Crippen LogP contribution in [-0.4, -0.2) is 18.6 Å². The first-order valence-electron chi connectivity index (χ1n) is 8.00. The zero-order valence-corrected chi connectivity index (χ0v) is 14.5. The van der Waals surface area contributed by atoms with Crippen molar-refractivity contribution in [3.63, 3.8) is 0 Å². The summed E-state index contributed by atoms with van der Waals surface area (Å²) in [7, 11) is -3.68. The van der Waals surface area contributed by atoms with Gasteiger partial charge in [-0.05, 0) is 23.8 Å². The number of hydrazine groups is 1. The molecule has 0 spiro atoms. The first kappa shape index (κ1) is 16.3. The van der Waals surface area contributed by atoms with Crippen molar-refractivity contribution in [2.45, 2.75) is 4.90 Å². The number of H-pyrrole nitrogens is 1. The summed E-state index contributed by atoms with van der Waals surface area (Å²) < 4.78 is 24.7. The minimum Gasteiger partial charge on any atom is -0.290 e. The van der Waals surface area contributed by atoms with E-state index >= 15 is 0 Å². The molecule has 3 N–H and O–H groups in total. The zero-order chi connectivity index (χ0) is 18.0. The Bertz CT molecular complexity index is 1140. The fraction of sp³-hybridized carbons (Fsp3) is 0. The lowest BCUT2D eigenvalue weighted by Gasteiger charge is -2.08. The molecular weight excluding hydrogens is 348 g/mol. The van der Waals surface area contributed by atoms with E-state index in [-0.39, 0.29) is 4.90 Å². The molecule has 0 saturated carbocycles. The molecule has 0 saturated heterocycles. The highest BCUT2D eigenvalue weighted by molar-refractivity contribution is 7.89. The van der Waals surface area contributed by atoms with Crippen LogP contribution in [0.15, 0.2) is 83.8 Å². The van der Waals surface area contributed by atoms with E-state index in [1.807, 2.05) is 48.5 Å². The van der Waals surface area contributed by atoms with E-state index in [9.17, 15) is 8.42 Å². The molecule has 4 aromatic rings. The predicted octanol–water partition coefficient (Wildman–Crippen LogP) is 3.54. The lowest BCUT2D eigenvalue weighted by atomic mass is 10.0. The van der Waals surface area contributed by atoms with Gasteiger partial charge in [-0.15, -0.1) is 4.83 Å². The van der Waals surface area contributed by atoms with E-state index < -0.39 is 10.0 Å². The summed E-state index contributed by atoms with van der Waals surface area (Å²) in [5.74, 6) is 0.414. The molecule has 0 bridgehead atoms. The number of anilines is 1. The number of aromatic nitrogens is 2. The second-order valence-corrected chi connectivity index (χ2v) is 7.39. The highest BCUT2D eigenvalue weighted by Gasteiger charge is 2.15. The molecule has 6 nitrogen and oxygen atoms in total. The summed E-state index contributed by atoms with van der Waals surface area (Å²) in [6.07, 6.45) is 0. The Hall–Kier alpha value is -3.16. The molecule has 0 atom stereocenters. The SMILES string of the molecule is O=S(=O)(NNc1n[nH]c2c(-c3ccccc3)cccc12)c1ccccc1. The number of benzene rings is 3. The Morgan fingerprint density at radius 3 is 2.23 bits per heavy atom. The molecule has 7 heteroatoms. The highest BCUT2D eigenvalue weighted by atomic mass is 32.2. The van der Waals surface area contributed by atoms with Crippen molar-refractivity contribution >= 4 is 26.7 Å². The molecule has 4 rings (SSSR count). The molecule has 0 amide bonds. The van der Waals surface area contributed by atoms with Crippen LogP contribution in [0.3, 0.4) is 0 Å². The summed E-state index contributed by atoms with van der Waals surface area (Å²) in [4.78, 5) is 2.55. The predicted molar refractivity (Wildman–Crippen MR) is 102 cm³/mol. The number of nitrogens with one attached hydrogen (secondary N) is 3. The molecular formula is C19H16N4O2S. The first-order chi connectivity index (χ1) is 12.6. The van der Waals surface area contributed by atoms with Gasteiger partial charge in [0.15, 0.2) is 5.82 Å². The van der Waals surface area contributed by atoms with E-state index in [4.69, 9.17) is 0 Å². The molecule has 0 aliphatic rings. The maximum Gasteiger partial charge on any atom is 0.257 e. The van der Waals surface area contributed by atoms with Gasteiger partial charge < -0.3 is 0 Å². The van der Waals surface area contributed by atoms with Crippen molar-refractivity contribution in [3.8, 4) is 11.1 Å². The van der Waals surface area contributed by atoms with Gasteiger partial charge >= 0.3 is 0 Å². The monoisotopic (exact) mass is 364 g/mol. The Morgan fingerprint density at radius 2 is 1.50 bits per heavy atom. The van der Waals surface area contributed by atoms with Crippen molar-refractivity contribution in [2.75, 3.05) is 5.43 Å². The molecule has 1 aromatic heterocycles. The van der Waals surface area contributed by atoms with Crippen LogP contribution in [0, 0.1) is 0 Å². The largest absolute Gasteiger partial charge is 0.290 e. The third-order valence-corrected chi connectivity index (χ3v) is 5.30. The van der Waals surface area contributed by atoms with Crippen LogP contribution in [0.2, 0.25) is 0 Å². The summed E-state index contributed by atoms with van der Waals surface area (Å²) in [6, 6.07) is 23.9. The molecule has 0 aliphatic carbocycles. The highest BCUT2D eigenvalue weighted by Crippen LogP contribution is 2.30. The maximum atomic E-state index is 12.3. The topological polar surface area (TPSA) is 86.9 Å². The van der Waals surface area contributed by atoms with Gasteiger partial charge in [0.2, 0.25) is 0 Å². The normalized spacial score (nSPS) is 11.5. The van der Waals surface area contributed by atoms with Crippen LogP contribution in [0.5, 0.6) is 0 Å². The lowest BCUT2D eigenvalue weighted by Crippen LogP contribution is -2.29. The van der Waals surface area contributed by atoms with Gasteiger partial charge in [0, 0.05) is 10.9 Å². The number of fused-ring (bicyclic) bond motifs is 1. The Morgan fingerprint density at radius 1 is 0.808 bits per heavy atom. The van der Waals surface area contributed by atoms with E-state index in [1.54, 1.807) is 18.2 Å². The van der Waals surface area contributed by atoms with Crippen LogP contribution in [0.25, 0.3) is 22.0 Å². The number of aromatic amines is 1. The molecule has 0 aliphatic heterocycles. The average molecular weight is 364 g/mol. The van der Waals surface area contributed by atoms with Gasteiger partial charge in [-0.2, -0.15) is 5.10 Å². The lowest BCUT2D eigenvalue weighted by molar-refractivity contribution is 0.587. The van der Waals surface area contributed by atoms with Crippen LogP contribution in [0.4, 0.5) is 5.82 Å². The van der Waals surface area contributed by atoms with Gasteiger partial charge in [0.1, 0.15) is 0 Å². The molecule has 0 fully saturated rings. The minimum absolute atomic E-state index is 0.178. The van der Waals surface area contributed by atoms with Crippen molar-refractivity contribution in [3.05, 3.63) is 78.9 Å². The van der Waals surface area contributed by atoms with Gasteiger partial charge in [-0.1, -0.05) is 60.7 Å². The maximum absolute atomic E-state index is 12.3. The molecule has 0 unspecified atom stereocenters. The molecule has 3 aromatic carbocycles. The van der Waals surface area contributed by atoms with E-state index in [2.05, 4.69) is 20.5 Å². The van der Waals surface area contributed by atoms with Crippen LogP contribution in [0.1, 0.15) is 0 Å². The van der Waals surface area contributed by atoms with Crippen LogP contribution in [-0.2, 0) is 10.0 Å². The quantitative estimate of drug-likeness (QED) is 0.473. The third kappa shape index (κ3) is 3.05. The Labute approximate surface area is 150 Å². The number of rotatable bonds is 5. The van der Waals surface area contributed by atoms with Crippen molar-refractivity contribution in [1.29, 1.82) is 0 Å². The fourth-order valence-electron chi connectivity index (χ4n) is 2.77. The Balaban J connectivity index is 1.65. The first-order valence-corrected chi connectivity index (χ1v) is 9.49. The second kappa shape index (κ2) is 6.62. The summed E-state index contributed by atoms with van der Waals surface area (Å²) in [6.45, 7) is 0. The van der Waals surface area contributed by atoms with Gasteiger partial charge in [0.05, 0.1) is 10.4 Å². The van der Waals surface area contributed by atoms with Gasteiger partial charge in [0.25, 0.3) is 10.0 Å².